The van der Waals surface area contributed by atoms with Gasteiger partial charge in [-0.2, -0.15) is 0 Å². The highest BCUT2D eigenvalue weighted by Gasteiger charge is 2.03. The van der Waals surface area contributed by atoms with Gasteiger partial charge < -0.3 is 14.5 Å². The Labute approximate surface area is 119 Å². The van der Waals surface area contributed by atoms with E-state index in [1.54, 1.807) is 22.9 Å². The average molecular weight is 274 g/mol. The third-order valence-electron chi connectivity index (χ3n) is 3.12. The van der Waals surface area contributed by atoms with Crippen LogP contribution in [0, 0.1) is 5.92 Å². The zero-order valence-corrected chi connectivity index (χ0v) is 12.1. The van der Waals surface area contributed by atoms with Gasteiger partial charge in [0.05, 0.1) is 6.54 Å². The van der Waals surface area contributed by atoms with Crippen LogP contribution < -0.4 is 10.9 Å². The quantitative estimate of drug-likeness (QED) is 0.832. The van der Waals surface area contributed by atoms with Gasteiger partial charge in [-0.15, -0.1) is 0 Å². The molecular weight excluding hydrogens is 252 g/mol. The van der Waals surface area contributed by atoms with Crippen molar-refractivity contribution in [3.05, 3.63) is 53.0 Å². The van der Waals surface area contributed by atoms with Crippen molar-refractivity contribution in [1.82, 2.24) is 19.4 Å². The zero-order valence-electron chi connectivity index (χ0n) is 12.1. The van der Waals surface area contributed by atoms with E-state index in [4.69, 9.17) is 0 Å². The molecule has 5 nitrogen and oxygen atoms in total. The van der Waals surface area contributed by atoms with Crippen molar-refractivity contribution in [3.8, 4) is 0 Å². The Morgan fingerprint density at radius 1 is 1.20 bits per heavy atom. The highest BCUT2D eigenvalue weighted by Crippen LogP contribution is 1.99. The molecule has 0 saturated carbocycles. The molecule has 0 aliphatic carbocycles. The molecule has 0 spiro atoms. The van der Waals surface area contributed by atoms with Crippen molar-refractivity contribution in [2.45, 2.75) is 33.5 Å². The molecule has 2 heterocycles. The van der Waals surface area contributed by atoms with E-state index >= 15 is 0 Å². The molecule has 20 heavy (non-hydrogen) atoms. The van der Waals surface area contributed by atoms with Crippen LogP contribution in [0.1, 0.15) is 19.7 Å². The molecule has 0 aliphatic heterocycles. The molecule has 108 valence electrons. The maximum atomic E-state index is 11.6. The molecule has 2 aromatic heterocycles. The maximum Gasteiger partial charge on any atom is 0.250 e. The zero-order chi connectivity index (χ0) is 14.4. The minimum Gasteiger partial charge on any atom is -0.332 e. The van der Waals surface area contributed by atoms with E-state index in [2.05, 4.69) is 28.7 Å². The Bertz CT molecular complexity index is 585. The SMILES string of the molecule is CC(C)CNCc1nccn1CCn1ccccc1=O. The van der Waals surface area contributed by atoms with Gasteiger partial charge >= 0.3 is 0 Å². The highest BCUT2D eigenvalue weighted by atomic mass is 16.1. The fourth-order valence-electron chi connectivity index (χ4n) is 2.04. The number of hydrogen-bond donors (Lipinski definition) is 1. The van der Waals surface area contributed by atoms with Crippen molar-refractivity contribution < 1.29 is 0 Å². The second-order valence-corrected chi connectivity index (χ2v) is 5.29. The van der Waals surface area contributed by atoms with E-state index < -0.39 is 0 Å². The van der Waals surface area contributed by atoms with Crippen molar-refractivity contribution in [3.63, 3.8) is 0 Å². The number of imidazole rings is 1. The number of aryl methyl sites for hydroxylation is 2. The summed E-state index contributed by atoms with van der Waals surface area (Å²) in [5.74, 6) is 1.64. The summed E-state index contributed by atoms with van der Waals surface area (Å²) >= 11 is 0. The molecule has 0 saturated heterocycles. The van der Waals surface area contributed by atoms with E-state index in [0.29, 0.717) is 12.5 Å². The van der Waals surface area contributed by atoms with Gasteiger partial charge in [0, 0.05) is 37.7 Å². The van der Waals surface area contributed by atoms with E-state index in [9.17, 15) is 4.79 Å². The molecule has 0 radical (unpaired) electrons. The average Bonchev–Trinajstić information content (AvgIpc) is 2.85. The first kappa shape index (κ1) is 14.5. The fraction of sp³-hybridized carbons (Fsp3) is 0.467. The van der Waals surface area contributed by atoms with Gasteiger partial charge in [0.2, 0.25) is 0 Å². The second kappa shape index (κ2) is 7.05. The summed E-state index contributed by atoms with van der Waals surface area (Å²) in [6, 6.07) is 5.22. The Hall–Kier alpha value is -1.88. The van der Waals surface area contributed by atoms with Crippen LogP contribution in [0.4, 0.5) is 0 Å². The summed E-state index contributed by atoms with van der Waals surface area (Å²) in [6.07, 6.45) is 5.58. The van der Waals surface area contributed by atoms with E-state index in [1.807, 2.05) is 18.5 Å². The molecule has 1 N–H and O–H groups in total. The Kier molecular flexibility index (Phi) is 5.12. The van der Waals surface area contributed by atoms with Gasteiger partial charge in [0.1, 0.15) is 5.82 Å². The lowest BCUT2D eigenvalue weighted by atomic mass is 10.2. The standard InChI is InChI=1S/C15H22N4O/c1-13(2)11-16-12-14-17-6-8-18(14)9-10-19-7-4-3-5-15(19)20/h3-8,13,16H,9-12H2,1-2H3. The van der Waals surface area contributed by atoms with Gasteiger partial charge in [0.25, 0.3) is 5.56 Å². The summed E-state index contributed by atoms with van der Waals surface area (Å²) in [6.45, 7) is 7.51. The lowest BCUT2D eigenvalue weighted by Gasteiger charge is -2.11. The van der Waals surface area contributed by atoms with Crippen LogP contribution in [0.15, 0.2) is 41.6 Å². The summed E-state index contributed by atoms with van der Waals surface area (Å²) in [5.41, 5.74) is 0.0344. The molecule has 0 atom stereocenters. The van der Waals surface area contributed by atoms with E-state index in [-0.39, 0.29) is 5.56 Å². The van der Waals surface area contributed by atoms with Crippen molar-refractivity contribution >= 4 is 0 Å². The molecule has 0 bridgehead atoms. The number of aromatic nitrogens is 3. The van der Waals surface area contributed by atoms with Crippen LogP contribution in [-0.4, -0.2) is 20.7 Å². The topological polar surface area (TPSA) is 51.9 Å². The summed E-state index contributed by atoms with van der Waals surface area (Å²) in [5, 5.41) is 3.39. The van der Waals surface area contributed by atoms with Crippen LogP contribution in [-0.2, 0) is 19.6 Å². The Morgan fingerprint density at radius 3 is 2.75 bits per heavy atom. The van der Waals surface area contributed by atoms with Crippen LogP contribution in [0.25, 0.3) is 0 Å². The summed E-state index contributed by atoms with van der Waals surface area (Å²) in [4.78, 5) is 16.0. The number of pyridine rings is 1. The van der Waals surface area contributed by atoms with Crippen molar-refractivity contribution in [2.24, 2.45) is 5.92 Å². The van der Waals surface area contributed by atoms with Crippen LogP contribution in [0.5, 0.6) is 0 Å². The molecule has 0 fully saturated rings. The molecule has 2 rings (SSSR count). The Morgan fingerprint density at radius 2 is 2.00 bits per heavy atom. The number of rotatable bonds is 7. The molecule has 0 aliphatic rings. The predicted octanol–water partition coefficient (Wildman–Crippen LogP) is 1.49. The first-order chi connectivity index (χ1) is 9.66. The van der Waals surface area contributed by atoms with Gasteiger partial charge in [-0.25, -0.2) is 4.98 Å². The first-order valence-electron chi connectivity index (χ1n) is 7.03. The van der Waals surface area contributed by atoms with E-state index in [1.165, 1.54) is 0 Å². The number of nitrogens with zero attached hydrogens (tertiary/aromatic N) is 3. The monoisotopic (exact) mass is 274 g/mol. The van der Waals surface area contributed by atoms with Gasteiger partial charge in [-0.3, -0.25) is 4.79 Å². The van der Waals surface area contributed by atoms with Crippen molar-refractivity contribution in [1.29, 1.82) is 0 Å². The predicted molar refractivity (Wildman–Crippen MR) is 79.5 cm³/mol. The lowest BCUT2D eigenvalue weighted by molar-refractivity contribution is 0.507. The molecule has 5 heteroatoms. The van der Waals surface area contributed by atoms with Gasteiger partial charge in [0.15, 0.2) is 0 Å². The first-order valence-corrected chi connectivity index (χ1v) is 7.03. The summed E-state index contributed by atoms with van der Waals surface area (Å²) in [7, 11) is 0. The van der Waals surface area contributed by atoms with E-state index in [0.717, 1.165) is 25.5 Å². The third-order valence-corrected chi connectivity index (χ3v) is 3.12. The van der Waals surface area contributed by atoms with Crippen LogP contribution in [0.3, 0.4) is 0 Å². The second-order valence-electron chi connectivity index (χ2n) is 5.29. The molecule has 0 amide bonds. The number of nitrogens with one attached hydrogen (secondary N) is 1. The molecular formula is C15H22N4O. The normalized spacial score (nSPS) is 11.2. The largest absolute Gasteiger partial charge is 0.332 e. The smallest absolute Gasteiger partial charge is 0.250 e. The molecule has 0 unspecified atom stereocenters. The number of hydrogen-bond acceptors (Lipinski definition) is 3. The molecule has 2 aromatic rings. The van der Waals surface area contributed by atoms with Crippen LogP contribution in [0.2, 0.25) is 0 Å². The van der Waals surface area contributed by atoms with Gasteiger partial charge in [-0.05, 0) is 18.5 Å². The maximum absolute atomic E-state index is 11.6. The lowest BCUT2D eigenvalue weighted by Crippen LogP contribution is -2.24. The van der Waals surface area contributed by atoms with Crippen molar-refractivity contribution in [2.75, 3.05) is 6.54 Å². The fourth-order valence-corrected chi connectivity index (χ4v) is 2.04. The molecule has 0 aromatic carbocycles. The highest BCUT2D eigenvalue weighted by molar-refractivity contribution is 4.95. The van der Waals surface area contributed by atoms with Gasteiger partial charge in [-0.1, -0.05) is 19.9 Å². The third kappa shape index (κ3) is 4.06. The minimum absolute atomic E-state index is 0.0344. The van der Waals surface area contributed by atoms with Crippen LogP contribution >= 0.6 is 0 Å². The minimum atomic E-state index is 0.0344. The Balaban J connectivity index is 1.92. The summed E-state index contributed by atoms with van der Waals surface area (Å²) < 4.78 is 3.80.